The molecule has 3 fully saturated rings. The summed E-state index contributed by atoms with van der Waals surface area (Å²) in [7, 11) is 0. The molecule has 6 nitrogen and oxygen atoms in total. The maximum absolute atomic E-state index is 15.0. The van der Waals surface area contributed by atoms with Gasteiger partial charge < -0.3 is 15.0 Å². The van der Waals surface area contributed by atoms with Crippen LogP contribution in [0, 0.1) is 0 Å². The number of alkyl halides is 3. The fourth-order valence-corrected chi connectivity index (χ4v) is 8.27. The summed E-state index contributed by atoms with van der Waals surface area (Å²) in [6.07, 6.45) is 8.10. The Hall–Kier alpha value is -3.95. The molecule has 1 amide bonds. The number of halogens is 3. The molecule has 2 aromatic carbocycles. The highest BCUT2D eigenvalue weighted by Gasteiger charge is 2.46. The van der Waals surface area contributed by atoms with E-state index in [1.54, 1.807) is 6.07 Å². The number of fused-ring (bicyclic) bond motifs is 1. The number of aromatic nitrogens is 1. The van der Waals surface area contributed by atoms with Crippen LogP contribution in [0.5, 0.6) is 0 Å². The molecule has 0 radical (unpaired) electrons. The molecule has 2 saturated heterocycles. The van der Waals surface area contributed by atoms with E-state index in [2.05, 4.69) is 27.2 Å². The summed E-state index contributed by atoms with van der Waals surface area (Å²) in [5.41, 5.74) is 2.84. The fraction of sp³-hybridized carbons (Fsp3) is 0.476. The van der Waals surface area contributed by atoms with Crippen LogP contribution in [0.1, 0.15) is 98.7 Å². The summed E-state index contributed by atoms with van der Waals surface area (Å²) in [5.74, 6) is 0.612. The van der Waals surface area contributed by atoms with Crippen LogP contribution in [0.3, 0.4) is 0 Å². The lowest BCUT2D eigenvalue weighted by atomic mass is 9.92. The number of rotatable bonds is 9. The zero-order valence-corrected chi connectivity index (χ0v) is 29.8. The molecule has 2 aliphatic carbocycles. The molecule has 0 bridgehead atoms. The number of hydrogen-bond donors (Lipinski definition) is 1. The van der Waals surface area contributed by atoms with E-state index in [9.17, 15) is 18.0 Å². The van der Waals surface area contributed by atoms with Gasteiger partial charge in [0.1, 0.15) is 0 Å². The third-order valence-electron chi connectivity index (χ3n) is 11.2. The summed E-state index contributed by atoms with van der Waals surface area (Å²) in [5, 5.41) is 4.78. The molecule has 3 heterocycles. The lowest BCUT2D eigenvalue weighted by molar-refractivity contribution is -0.137. The maximum Gasteiger partial charge on any atom is 0.416 e. The van der Waals surface area contributed by atoms with E-state index in [1.807, 2.05) is 44.2 Å². The van der Waals surface area contributed by atoms with Gasteiger partial charge in [0.2, 0.25) is 0 Å². The molecule has 0 atom stereocenters. The molecule has 270 valence electrons. The Balaban J connectivity index is 1.38. The molecule has 51 heavy (non-hydrogen) atoms. The van der Waals surface area contributed by atoms with Crippen molar-refractivity contribution in [2.75, 3.05) is 32.8 Å². The Labute approximate surface area is 299 Å². The van der Waals surface area contributed by atoms with Crippen LogP contribution < -0.4 is 15.9 Å². The zero-order chi connectivity index (χ0) is 35.6. The summed E-state index contributed by atoms with van der Waals surface area (Å²) >= 11 is 0. The minimum Gasteiger partial charge on any atom is -0.498 e. The molecule has 1 N–H and O–H groups in total. The number of nitrogens with one attached hydrogen (secondary N) is 1. The van der Waals surface area contributed by atoms with Crippen LogP contribution in [0.2, 0.25) is 0 Å². The Bertz CT molecular complexity index is 1890. The minimum absolute atomic E-state index is 0.205. The number of hydrogen-bond acceptors (Lipinski definition) is 5. The average Bonchev–Trinajstić information content (AvgIpc) is 3.93. The molecule has 7 rings (SSSR count). The molecule has 1 saturated carbocycles. The quantitative estimate of drug-likeness (QED) is 0.254. The summed E-state index contributed by atoms with van der Waals surface area (Å²) in [6, 6.07) is 16.0. The van der Waals surface area contributed by atoms with Crippen LogP contribution in [0.15, 0.2) is 66.4 Å². The summed E-state index contributed by atoms with van der Waals surface area (Å²) < 4.78 is 48.3. The Morgan fingerprint density at radius 1 is 0.961 bits per heavy atom. The van der Waals surface area contributed by atoms with Crippen molar-refractivity contribution in [1.29, 1.82) is 0 Å². The van der Waals surface area contributed by atoms with Gasteiger partial charge in [0, 0.05) is 35.4 Å². The first kappa shape index (κ1) is 35.5. The summed E-state index contributed by atoms with van der Waals surface area (Å²) in [6.45, 7) is 8.94. The topological polar surface area (TPSA) is 57.7 Å². The average molecular weight is 699 g/mol. The minimum atomic E-state index is -4.52. The Morgan fingerprint density at radius 2 is 1.71 bits per heavy atom. The van der Waals surface area contributed by atoms with E-state index in [0.29, 0.717) is 59.8 Å². The van der Waals surface area contributed by atoms with Crippen molar-refractivity contribution in [2.45, 2.75) is 95.9 Å². The van der Waals surface area contributed by atoms with Crippen LogP contribution in [0.25, 0.3) is 22.9 Å². The molecule has 2 aliphatic heterocycles. The van der Waals surface area contributed by atoms with Gasteiger partial charge in [-0.25, -0.2) is 4.98 Å². The molecular formula is C42H49F3N4O2. The molecule has 0 unspecified atom stereocenters. The second-order valence-corrected chi connectivity index (χ2v) is 14.7. The first-order valence-electron chi connectivity index (χ1n) is 18.7. The van der Waals surface area contributed by atoms with Crippen molar-refractivity contribution in [3.05, 3.63) is 99.3 Å². The van der Waals surface area contributed by atoms with E-state index >= 15 is 0 Å². The van der Waals surface area contributed by atoms with Crippen molar-refractivity contribution in [3.8, 4) is 11.3 Å². The Kier molecular flexibility index (Phi) is 10.4. The number of benzene rings is 2. The van der Waals surface area contributed by atoms with Crippen molar-refractivity contribution in [1.82, 2.24) is 20.1 Å². The van der Waals surface area contributed by atoms with Gasteiger partial charge in [-0.2, -0.15) is 13.2 Å². The fourth-order valence-electron chi connectivity index (χ4n) is 8.27. The number of ether oxygens (including phenoxy) is 1. The SMILES string of the molecule is CCOC1=CC=c2nc(-c3cccc(C(F)(F)F)c3)c(CN3CCC(N4CCCCC4)CC3)c(C(=O)NC3(c4ccccc4)CC3)c2=C(C)CC1. The van der Waals surface area contributed by atoms with Crippen LogP contribution in [-0.2, 0) is 23.0 Å². The molecule has 1 aromatic heterocycles. The normalized spacial score (nSPS) is 20.0. The van der Waals surface area contributed by atoms with Gasteiger partial charge in [0.25, 0.3) is 5.91 Å². The van der Waals surface area contributed by atoms with Crippen LogP contribution in [0.4, 0.5) is 13.2 Å². The maximum atomic E-state index is 15.0. The van der Waals surface area contributed by atoms with E-state index in [4.69, 9.17) is 9.72 Å². The zero-order valence-electron chi connectivity index (χ0n) is 29.8. The number of pyridine rings is 1. The first-order chi connectivity index (χ1) is 24.6. The van der Waals surface area contributed by atoms with Gasteiger partial charge in [0.15, 0.2) is 0 Å². The second-order valence-electron chi connectivity index (χ2n) is 14.7. The number of nitrogens with zero attached hydrogens (tertiary/aromatic N) is 3. The molecule has 9 heteroatoms. The molecule has 3 aromatic rings. The number of carbonyl (C=O) groups is 1. The highest BCUT2D eigenvalue weighted by Crippen LogP contribution is 2.45. The molecule has 0 spiro atoms. The first-order valence-corrected chi connectivity index (χ1v) is 18.7. The number of amides is 1. The smallest absolute Gasteiger partial charge is 0.416 e. The number of allylic oxidation sites excluding steroid dienone is 2. The number of carbonyl (C=O) groups excluding carboxylic acids is 1. The van der Waals surface area contributed by atoms with Gasteiger partial charge >= 0.3 is 6.18 Å². The van der Waals surface area contributed by atoms with E-state index in [-0.39, 0.29) is 5.91 Å². The number of likely N-dealkylation sites (tertiary alicyclic amines) is 2. The van der Waals surface area contributed by atoms with Crippen molar-refractivity contribution in [2.24, 2.45) is 0 Å². The van der Waals surface area contributed by atoms with Gasteiger partial charge in [-0.05, 0) is 115 Å². The highest BCUT2D eigenvalue weighted by molar-refractivity contribution is 5.99. The monoisotopic (exact) mass is 698 g/mol. The third-order valence-corrected chi connectivity index (χ3v) is 11.2. The van der Waals surface area contributed by atoms with E-state index in [1.165, 1.54) is 31.4 Å². The number of piperidine rings is 2. The Morgan fingerprint density at radius 3 is 2.39 bits per heavy atom. The van der Waals surface area contributed by atoms with E-state index < -0.39 is 17.3 Å². The van der Waals surface area contributed by atoms with Crippen LogP contribution in [-0.4, -0.2) is 59.5 Å². The van der Waals surface area contributed by atoms with Gasteiger partial charge in [-0.15, -0.1) is 0 Å². The lowest BCUT2D eigenvalue weighted by Crippen LogP contribution is -2.47. The van der Waals surface area contributed by atoms with Crippen molar-refractivity contribution >= 4 is 17.6 Å². The third kappa shape index (κ3) is 7.80. The van der Waals surface area contributed by atoms with Gasteiger partial charge in [0.05, 0.1) is 40.1 Å². The lowest BCUT2D eigenvalue weighted by Gasteiger charge is -2.40. The van der Waals surface area contributed by atoms with Crippen LogP contribution >= 0.6 is 0 Å². The molecule has 4 aliphatic rings. The predicted octanol–water partition coefficient (Wildman–Crippen LogP) is 7.30. The molecular weight excluding hydrogens is 649 g/mol. The standard InChI is InChI=1S/C42H49F3N4O2/c1-3-51-34-16-15-29(2)37-36(18-17-34)46-39(30-11-10-14-32(27-30)42(43,44)45)35(28-48-25-19-33(20-26-48)49-23-8-5-9-24-49)38(37)40(50)47-41(21-22-41)31-12-6-4-7-13-31/h4,6-7,10-14,17-18,27,33H,3,5,8-9,15-16,19-26,28H2,1-2H3,(H,47,50). The van der Waals surface area contributed by atoms with Crippen molar-refractivity contribution in [3.63, 3.8) is 0 Å². The van der Waals surface area contributed by atoms with Gasteiger partial charge in [-0.3, -0.25) is 9.69 Å². The van der Waals surface area contributed by atoms with Gasteiger partial charge in [-0.1, -0.05) is 54.5 Å². The largest absolute Gasteiger partial charge is 0.498 e. The summed E-state index contributed by atoms with van der Waals surface area (Å²) in [4.78, 5) is 25.1. The predicted molar refractivity (Wildman–Crippen MR) is 195 cm³/mol. The second kappa shape index (κ2) is 15.0. The van der Waals surface area contributed by atoms with Crippen molar-refractivity contribution < 1.29 is 22.7 Å². The highest BCUT2D eigenvalue weighted by atomic mass is 19.4. The van der Waals surface area contributed by atoms with E-state index in [0.717, 1.165) is 80.0 Å².